The Hall–Kier alpha value is -2.06. The Morgan fingerprint density at radius 2 is 2.08 bits per heavy atom. The quantitative estimate of drug-likeness (QED) is 0.672. The summed E-state index contributed by atoms with van der Waals surface area (Å²) < 4.78 is 6.62. The third-order valence-electron chi connectivity index (χ3n) is 5.50. The summed E-state index contributed by atoms with van der Waals surface area (Å²) in [7, 11) is 0. The fraction of sp³-hybridized carbons (Fsp3) is 0.391. The van der Waals surface area contributed by atoms with Crippen molar-refractivity contribution < 1.29 is 4.74 Å². The molecule has 0 radical (unpaired) electrons. The van der Waals surface area contributed by atoms with Gasteiger partial charge in [0.25, 0.3) is 0 Å². The van der Waals surface area contributed by atoms with Crippen LogP contribution in [0, 0.1) is 0 Å². The SMILES string of the molecule is CC(C)=CCC[C@@]1(C)C=C[C@@H]2c3[nH]c4ccccc4c3C=C(C)[C@H]2O1. The molecule has 2 heteroatoms. The molecule has 1 aliphatic heterocycles. The van der Waals surface area contributed by atoms with Crippen molar-refractivity contribution in [3.8, 4) is 0 Å². The van der Waals surface area contributed by atoms with E-state index in [1.165, 1.54) is 33.3 Å². The highest BCUT2D eigenvalue weighted by Gasteiger charge is 2.39. The molecule has 3 atom stereocenters. The van der Waals surface area contributed by atoms with Crippen LogP contribution in [-0.4, -0.2) is 16.7 Å². The van der Waals surface area contributed by atoms with Gasteiger partial charge in [-0.15, -0.1) is 0 Å². The lowest BCUT2D eigenvalue weighted by molar-refractivity contribution is -0.0552. The predicted octanol–water partition coefficient (Wildman–Crippen LogP) is 6.13. The van der Waals surface area contributed by atoms with E-state index in [2.05, 4.69) is 81.2 Å². The van der Waals surface area contributed by atoms with Crippen molar-refractivity contribution in [1.82, 2.24) is 4.98 Å². The molecule has 1 N–H and O–H groups in total. The Labute approximate surface area is 150 Å². The summed E-state index contributed by atoms with van der Waals surface area (Å²) in [5.74, 6) is 0.281. The van der Waals surface area contributed by atoms with Crippen LogP contribution in [0.25, 0.3) is 17.0 Å². The van der Waals surface area contributed by atoms with Crippen molar-refractivity contribution in [3.05, 3.63) is 64.9 Å². The number of fused-ring (bicyclic) bond motifs is 5. The van der Waals surface area contributed by atoms with E-state index in [1.54, 1.807) is 0 Å². The average molecular weight is 333 g/mol. The lowest BCUT2D eigenvalue weighted by Gasteiger charge is -2.41. The molecule has 2 aliphatic rings. The number of aromatic amines is 1. The van der Waals surface area contributed by atoms with Gasteiger partial charge in [0.05, 0.1) is 11.7 Å². The minimum absolute atomic E-state index is 0.127. The summed E-state index contributed by atoms with van der Waals surface area (Å²) in [6.45, 7) is 8.73. The number of hydrogen-bond acceptors (Lipinski definition) is 1. The van der Waals surface area contributed by atoms with Gasteiger partial charge in [-0.25, -0.2) is 0 Å². The second-order valence-corrected chi connectivity index (χ2v) is 7.94. The van der Waals surface area contributed by atoms with Gasteiger partial charge in [-0.2, -0.15) is 0 Å². The maximum absolute atomic E-state index is 6.62. The third kappa shape index (κ3) is 2.89. The summed E-state index contributed by atoms with van der Waals surface area (Å²) in [4.78, 5) is 3.64. The van der Waals surface area contributed by atoms with Gasteiger partial charge in [-0.3, -0.25) is 0 Å². The minimum atomic E-state index is -0.189. The zero-order valence-corrected chi connectivity index (χ0v) is 15.6. The first kappa shape index (κ1) is 16.4. The third-order valence-corrected chi connectivity index (χ3v) is 5.50. The summed E-state index contributed by atoms with van der Waals surface area (Å²) in [5.41, 5.74) is 6.33. The first-order valence-corrected chi connectivity index (χ1v) is 9.26. The first-order valence-electron chi connectivity index (χ1n) is 9.26. The van der Waals surface area contributed by atoms with Gasteiger partial charge in [0.2, 0.25) is 0 Å². The van der Waals surface area contributed by atoms with Crippen LogP contribution < -0.4 is 0 Å². The summed E-state index contributed by atoms with van der Waals surface area (Å²) in [5, 5.41) is 1.31. The van der Waals surface area contributed by atoms with E-state index >= 15 is 0 Å². The molecular formula is C23H27NO. The normalized spacial score (nSPS) is 27.6. The van der Waals surface area contributed by atoms with Crippen LogP contribution in [0.1, 0.15) is 57.7 Å². The molecule has 2 nitrogen and oxygen atoms in total. The van der Waals surface area contributed by atoms with Gasteiger partial charge in [0, 0.05) is 28.1 Å². The minimum Gasteiger partial charge on any atom is -0.363 e. The molecule has 2 heterocycles. The summed E-state index contributed by atoms with van der Waals surface area (Å²) in [6.07, 6.45) is 11.5. The first-order chi connectivity index (χ1) is 12.0. The molecular weight excluding hydrogens is 306 g/mol. The molecule has 0 bridgehead atoms. The highest BCUT2D eigenvalue weighted by atomic mass is 16.5. The second kappa shape index (κ2) is 6.03. The molecule has 1 aliphatic carbocycles. The molecule has 4 rings (SSSR count). The lowest BCUT2D eigenvalue weighted by Crippen LogP contribution is -2.40. The molecule has 0 spiro atoms. The van der Waals surface area contributed by atoms with Crippen molar-refractivity contribution in [2.75, 3.05) is 0 Å². The molecule has 0 unspecified atom stereocenters. The Bertz CT molecular complexity index is 894. The van der Waals surface area contributed by atoms with Crippen LogP contribution in [0.4, 0.5) is 0 Å². The molecule has 130 valence electrons. The molecule has 0 saturated carbocycles. The van der Waals surface area contributed by atoms with Crippen molar-refractivity contribution in [3.63, 3.8) is 0 Å². The zero-order chi connectivity index (χ0) is 17.6. The number of rotatable bonds is 3. The molecule has 25 heavy (non-hydrogen) atoms. The van der Waals surface area contributed by atoms with Crippen LogP contribution in [0.3, 0.4) is 0 Å². The van der Waals surface area contributed by atoms with E-state index in [0.717, 1.165) is 12.8 Å². The molecule has 0 amide bonds. The number of allylic oxidation sites excluding steroid dienone is 2. The average Bonchev–Trinajstić information content (AvgIpc) is 2.93. The van der Waals surface area contributed by atoms with Gasteiger partial charge >= 0.3 is 0 Å². The molecule has 2 aromatic rings. The number of benzene rings is 1. The Morgan fingerprint density at radius 1 is 1.28 bits per heavy atom. The van der Waals surface area contributed by atoms with Crippen LogP contribution in [0.2, 0.25) is 0 Å². The number of para-hydroxylation sites is 1. The standard InChI is InChI=1S/C23H27NO/c1-15(2)8-7-12-23(4)13-11-18-21-19(14-16(3)22(18)25-23)17-9-5-6-10-20(17)24-21/h5-6,8-11,13-14,18,22,24H,7,12H2,1-4H3/t18-,22-,23+/m1/s1. The highest BCUT2D eigenvalue weighted by molar-refractivity contribution is 5.92. The van der Waals surface area contributed by atoms with E-state index in [0.29, 0.717) is 0 Å². The van der Waals surface area contributed by atoms with Crippen LogP contribution in [-0.2, 0) is 4.74 Å². The van der Waals surface area contributed by atoms with Gasteiger partial charge in [0.15, 0.2) is 0 Å². The highest BCUT2D eigenvalue weighted by Crippen LogP contribution is 2.44. The number of ether oxygens (including phenoxy) is 1. The summed E-state index contributed by atoms with van der Waals surface area (Å²) >= 11 is 0. The van der Waals surface area contributed by atoms with Gasteiger partial charge in [0.1, 0.15) is 0 Å². The van der Waals surface area contributed by atoms with Crippen molar-refractivity contribution in [2.45, 2.75) is 58.2 Å². The van der Waals surface area contributed by atoms with E-state index in [4.69, 9.17) is 4.74 Å². The molecule has 1 aromatic heterocycles. The zero-order valence-electron chi connectivity index (χ0n) is 15.6. The fourth-order valence-corrected chi connectivity index (χ4v) is 4.14. The predicted molar refractivity (Wildman–Crippen MR) is 106 cm³/mol. The Morgan fingerprint density at radius 3 is 2.88 bits per heavy atom. The number of nitrogens with one attached hydrogen (secondary N) is 1. The smallest absolute Gasteiger partial charge is 0.0915 e. The van der Waals surface area contributed by atoms with Crippen LogP contribution in [0.5, 0.6) is 0 Å². The summed E-state index contributed by atoms with van der Waals surface area (Å²) in [6, 6.07) is 8.56. The van der Waals surface area contributed by atoms with Gasteiger partial charge in [-0.1, -0.05) is 48.1 Å². The van der Waals surface area contributed by atoms with Crippen molar-refractivity contribution >= 4 is 17.0 Å². The number of aromatic nitrogens is 1. The van der Waals surface area contributed by atoms with Crippen LogP contribution in [0.15, 0.2) is 53.6 Å². The van der Waals surface area contributed by atoms with Crippen LogP contribution >= 0.6 is 0 Å². The number of hydrogen-bond donors (Lipinski definition) is 1. The Balaban J connectivity index is 1.69. The lowest BCUT2D eigenvalue weighted by atomic mass is 9.80. The number of H-pyrrole nitrogens is 1. The second-order valence-electron chi connectivity index (χ2n) is 7.94. The largest absolute Gasteiger partial charge is 0.363 e. The molecule has 1 aromatic carbocycles. The van der Waals surface area contributed by atoms with Gasteiger partial charge in [-0.05, 0) is 52.2 Å². The molecule has 0 fully saturated rings. The van der Waals surface area contributed by atoms with Crippen molar-refractivity contribution in [2.24, 2.45) is 0 Å². The van der Waals surface area contributed by atoms with E-state index < -0.39 is 0 Å². The monoisotopic (exact) mass is 333 g/mol. The Kier molecular flexibility index (Phi) is 3.96. The molecule has 0 saturated heterocycles. The van der Waals surface area contributed by atoms with E-state index in [9.17, 15) is 0 Å². The topological polar surface area (TPSA) is 25.0 Å². The maximum atomic E-state index is 6.62. The maximum Gasteiger partial charge on any atom is 0.0915 e. The van der Waals surface area contributed by atoms with Gasteiger partial charge < -0.3 is 9.72 Å². The van der Waals surface area contributed by atoms with Crippen molar-refractivity contribution in [1.29, 1.82) is 0 Å². The fourth-order valence-electron chi connectivity index (χ4n) is 4.14. The van der Waals surface area contributed by atoms with E-state index in [1.807, 2.05) is 0 Å². The van der Waals surface area contributed by atoms with E-state index in [-0.39, 0.29) is 17.6 Å².